The highest BCUT2D eigenvalue weighted by molar-refractivity contribution is 6.07. The molecule has 2 atom stereocenters. The Balaban J connectivity index is 0.000000107. The first kappa shape index (κ1) is 70.6. The van der Waals surface area contributed by atoms with Crippen LogP contribution in [0.2, 0.25) is 0 Å². The minimum absolute atomic E-state index is 0.867. The molecule has 0 N–H and O–H groups in total. The molecule has 102 heavy (non-hydrogen) atoms. The van der Waals surface area contributed by atoms with E-state index in [0.29, 0.717) is 0 Å². The van der Waals surface area contributed by atoms with Gasteiger partial charge in [0.25, 0.3) is 0 Å². The molecule has 0 radical (unpaired) electrons. The molecule has 19 rings (SSSR count). The predicted molar refractivity (Wildman–Crippen MR) is 443 cm³/mol. The van der Waals surface area contributed by atoms with Crippen molar-refractivity contribution < 1.29 is 0 Å². The van der Waals surface area contributed by atoms with Crippen LogP contribution in [-0.4, -0.2) is 0 Å². The summed E-state index contributed by atoms with van der Waals surface area (Å²) in [6.45, 7) is 30.6. The van der Waals surface area contributed by atoms with Crippen LogP contribution < -0.4 is 0 Å². The van der Waals surface area contributed by atoms with Crippen molar-refractivity contribution in [2.45, 2.75) is 161 Å². The van der Waals surface area contributed by atoms with Crippen LogP contribution >= 0.6 is 0 Å². The Morgan fingerprint density at radius 2 is 0.461 bits per heavy atom. The second kappa shape index (κ2) is 31.2. The zero-order chi connectivity index (χ0) is 71.3. The van der Waals surface area contributed by atoms with Crippen molar-refractivity contribution in [3.05, 3.63) is 376 Å². The monoisotopic (exact) mass is 1330 g/mol. The quantitative estimate of drug-likeness (QED) is 0.105. The summed E-state index contributed by atoms with van der Waals surface area (Å²) in [5.41, 5.74) is 40.3. The Kier molecular flexibility index (Phi) is 21.6. The van der Waals surface area contributed by atoms with E-state index in [1.54, 1.807) is 22.3 Å². The Morgan fingerprint density at radius 1 is 0.186 bits per heavy atom. The van der Waals surface area contributed by atoms with Gasteiger partial charge >= 0.3 is 0 Å². The first-order valence-corrected chi connectivity index (χ1v) is 37.7. The maximum Gasteiger partial charge on any atom is -0.00133 e. The molecule has 0 fully saturated rings. The molecule has 5 aliphatic rings. The highest BCUT2D eigenvalue weighted by Gasteiger charge is 2.21. The highest BCUT2D eigenvalue weighted by Crippen LogP contribution is 2.39. The van der Waals surface area contributed by atoms with Crippen LogP contribution in [0.4, 0.5) is 0 Å². The molecule has 0 saturated carbocycles. The van der Waals surface area contributed by atoms with Crippen LogP contribution in [0.15, 0.2) is 243 Å². The van der Waals surface area contributed by atoms with Crippen LogP contribution in [0.3, 0.4) is 0 Å². The van der Waals surface area contributed by atoms with E-state index in [0.717, 1.165) is 31.1 Å². The minimum Gasteiger partial charge on any atom is -0.0622 e. The molecule has 0 aromatic heterocycles. The molecule has 14 aromatic carbocycles. The number of rotatable bonds is 0. The molecule has 512 valence electrons. The van der Waals surface area contributed by atoms with E-state index in [1.807, 2.05) is 0 Å². The SMILES string of the molecule is Cc1ccc2c(c1)CC(C)C2.Cc1ccc2c(c1)CCC(C)C2.Cc1ccc2c(c1)CCc1cc(C)ccc1-2.Cc1ccc2c(c1)Cc1cc(C)ccc1-2.Cc1ccc2c(c1)Cc1ccc(C)cc1C2.Cc1ccc2c(ccc3cc(C)ccc32)c1.Cc1ccc2cc3cc(C)ccc3cc2c1. The summed E-state index contributed by atoms with van der Waals surface area (Å²) in [6.07, 6.45) is 12.2. The van der Waals surface area contributed by atoms with Crippen molar-refractivity contribution in [2.75, 3.05) is 0 Å². The summed E-state index contributed by atoms with van der Waals surface area (Å²) in [5, 5.41) is 10.7. The summed E-state index contributed by atoms with van der Waals surface area (Å²) in [7, 11) is 0. The van der Waals surface area contributed by atoms with Crippen molar-refractivity contribution in [1.82, 2.24) is 0 Å². The van der Waals surface area contributed by atoms with Gasteiger partial charge in [0.2, 0.25) is 0 Å². The van der Waals surface area contributed by atoms with Gasteiger partial charge in [0.15, 0.2) is 0 Å². The second-order valence-corrected chi connectivity index (χ2v) is 31.2. The van der Waals surface area contributed by atoms with Crippen molar-refractivity contribution in [3.63, 3.8) is 0 Å². The van der Waals surface area contributed by atoms with Crippen molar-refractivity contribution in [3.8, 4) is 22.3 Å². The van der Waals surface area contributed by atoms with Gasteiger partial charge in [-0.15, -0.1) is 0 Å². The van der Waals surface area contributed by atoms with Gasteiger partial charge in [0.05, 0.1) is 0 Å². The lowest BCUT2D eigenvalue weighted by Gasteiger charge is -2.21. The Morgan fingerprint density at radius 3 is 0.892 bits per heavy atom. The normalized spacial score (nSPS) is 14.4. The van der Waals surface area contributed by atoms with Crippen molar-refractivity contribution in [1.29, 1.82) is 0 Å². The summed E-state index contributed by atoms with van der Waals surface area (Å²) in [4.78, 5) is 0. The molecule has 0 saturated heterocycles. The van der Waals surface area contributed by atoms with E-state index < -0.39 is 0 Å². The van der Waals surface area contributed by atoms with E-state index in [9.17, 15) is 0 Å². The molecule has 0 heterocycles. The van der Waals surface area contributed by atoms with Crippen LogP contribution in [-0.2, 0) is 57.8 Å². The highest BCUT2D eigenvalue weighted by atomic mass is 14.3. The minimum atomic E-state index is 0.867. The lowest BCUT2D eigenvalue weighted by atomic mass is 9.84. The number of hydrogen-bond acceptors (Lipinski definition) is 0. The molecular weight excluding hydrogens is 1230 g/mol. The average Bonchev–Trinajstić information content (AvgIpc) is 1.17. The zero-order valence-electron chi connectivity index (χ0n) is 63.3. The van der Waals surface area contributed by atoms with Gasteiger partial charge in [0, 0.05) is 0 Å². The Hall–Kier alpha value is -9.88. The van der Waals surface area contributed by atoms with Crippen LogP contribution in [0.5, 0.6) is 0 Å². The largest absolute Gasteiger partial charge is 0.0622 e. The molecule has 5 aliphatic carbocycles. The Labute approximate surface area is 610 Å². The molecule has 2 unspecified atom stereocenters. The van der Waals surface area contributed by atoms with Crippen molar-refractivity contribution in [2.24, 2.45) is 11.8 Å². The number of fused-ring (bicyclic) bond motifs is 15. The lowest BCUT2D eigenvalue weighted by molar-refractivity contribution is 0.501. The van der Waals surface area contributed by atoms with Crippen LogP contribution in [0, 0.1) is 94.9 Å². The summed E-state index contributed by atoms with van der Waals surface area (Å²) < 4.78 is 0. The predicted octanol–water partition coefficient (Wildman–Crippen LogP) is 26.8. The zero-order valence-corrected chi connectivity index (χ0v) is 63.3. The summed E-state index contributed by atoms with van der Waals surface area (Å²) in [5.74, 6) is 1.76. The molecule has 14 aromatic rings. The van der Waals surface area contributed by atoms with Crippen molar-refractivity contribution >= 4 is 43.1 Å². The molecule has 0 nitrogen and oxygen atoms in total. The average molecular weight is 1330 g/mol. The number of hydrogen-bond donors (Lipinski definition) is 0. The van der Waals surface area contributed by atoms with E-state index in [4.69, 9.17) is 0 Å². The summed E-state index contributed by atoms with van der Waals surface area (Å²) >= 11 is 0. The standard InChI is InChI=1S/C16H16.C16H14.C16H16.C16H14.C15H14.C12H16.C11H14/c2*1-11-3-7-15-13(9-11)5-6-14-10-12(2)4-8-16(14)15;2*1-11-3-5-13-10-16-8-12(2)4-6-14(16)9-15(13)7-11;1-10-3-5-14-12(7-10)9-13-8-11(2)4-6-15(13)14;1-9-3-5-12-8-10(2)4-6-11(12)7-9;1-8-3-4-10-6-9(2)7-11(10)5-8/h3-4,7-10H,5-6H2,1-2H3;3-10H,1-2H3;3-8H,9-10H2,1-2H3;3-10H,1-2H3;3-8H,9H2,1-2H3;3,5,7,10H,4,6,8H2,1-2H3;3-5,9H,6-7H2,1-2H3. The van der Waals surface area contributed by atoms with Crippen LogP contribution in [0.1, 0.15) is 154 Å². The molecule has 0 amide bonds. The third-order valence-corrected chi connectivity index (χ3v) is 21.7. The van der Waals surface area contributed by atoms with Gasteiger partial charge in [-0.3, -0.25) is 0 Å². The van der Waals surface area contributed by atoms with Gasteiger partial charge in [0.1, 0.15) is 0 Å². The maximum absolute atomic E-state index is 2.35. The third-order valence-electron chi connectivity index (χ3n) is 21.7. The van der Waals surface area contributed by atoms with Gasteiger partial charge in [-0.05, 0) is 303 Å². The fraction of sp³-hybridized carbons (Fsp3) is 0.255. The van der Waals surface area contributed by atoms with Gasteiger partial charge in [-0.2, -0.15) is 0 Å². The molecule has 0 heteroatoms. The first-order valence-electron chi connectivity index (χ1n) is 37.7. The number of aryl methyl sites for hydroxylation is 15. The molecule has 0 spiro atoms. The fourth-order valence-electron chi connectivity index (χ4n) is 16.3. The van der Waals surface area contributed by atoms with E-state index in [2.05, 4.69) is 340 Å². The first-order chi connectivity index (χ1) is 49.2. The van der Waals surface area contributed by atoms with E-state index >= 15 is 0 Å². The molecule has 0 bridgehead atoms. The van der Waals surface area contributed by atoms with Gasteiger partial charge in [-0.1, -0.05) is 311 Å². The lowest BCUT2D eigenvalue weighted by Crippen LogP contribution is -2.10. The molecular formula is C102H104. The topological polar surface area (TPSA) is 0 Å². The number of benzene rings is 14. The van der Waals surface area contributed by atoms with Crippen LogP contribution in [0.25, 0.3) is 65.3 Å². The third kappa shape index (κ3) is 17.0. The van der Waals surface area contributed by atoms with E-state index in [-0.39, 0.29) is 0 Å². The Bertz CT molecular complexity index is 5120. The van der Waals surface area contributed by atoms with E-state index in [1.165, 1.54) is 222 Å². The summed E-state index contributed by atoms with van der Waals surface area (Å²) in [6, 6.07) is 90.1. The fourth-order valence-corrected chi connectivity index (χ4v) is 16.3. The second-order valence-electron chi connectivity index (χ2n) is 31.2. The maximum atomic E-state index is 2.35. The van der Waals surface area contributed by atoms with Gasteiger partial charge in [-0.25, -0.2) is 0 Å². The smallest absolute Gasteiger partial charge is 0.00133 e. The van der Waals surface area contributed by atoms with Gasteiger partial charge < -0.3 is 0 Å². The molecule has 0 aliphatic heterocycles.